The van der Waals surface area contributed by atoms with Crippen molar-refractivity contribution < 1.29 is 0 Å². The van der Waals surface area contributed by atoms with E-state index < -0.39 is 0 Å². The number of nitrogens with zero attached hydrogens (tertiary/aromatic N) is 3. The normalized spacial score (nSPS) is 11.5. The van der Waals surface area contributed by atoms with Gasteiger partial charge in [-0.1, -0.05) is 6.92 Å². The first kappa shape index (κ1) is 16.0. The van der Waals surface area contributed by atoms with Crippen LogP contribution < -0.4 is 10.6 Å². The Labute approximate surface area is 130 Å². The number of fused-ring (bicyclic) bond motifs is 1. The molecule has 0 fully saturated rings. The molecule has 0 bridgehead atoms. The maximum atomic E-state index is 4.61. The molecule has 0 unspecified atom stereocenters. The molecule has 0 aliphatic carbocycles. The molecule has 5 nitrogen and oxygen atoms in total. The Morgan fingerprint density at radius 2 is 2.05 bits per heavy atom. The lowest BCUT2D eigenvalue weighted by Gasteiger charge is -2.21. The quantitative estimate of drug-likeness (QED) is 0.784. The van der Waals surface area contributed by atoms with Crippen LogP contribution in [0.15, 0.2) is 11.4 Å². The van der Waals surface area contributed by atoms with Crippen LogP contribution in [0.4, 0.5) is 11.8 Å². The van der Waals surface area contributed by atoms with Gasteiger partial charge in [-0.05, 0) is 38.8 Å². The van der Waals surface area contributed by atoms with E-state index in [4.69, 9.17) is 0 Å². The standard InChI is InChI=1S/C15H25N5S/c1-5-7-17-15-18-13(12-6-10-21-14(12)19-15)16-8-9-20(4)11(2)3/h6,10-11H,5,7-9H2,1-4H3,(H2,16,17,18,19). The van der Waals surface area contributed by atoms with Gasteiger partial charge in [0.15, 0.2) is 0 Å². The van der Waals surface area contributed by atoms with Gasteiger partial charge in [0.05, 0.1) is 5.39 Å². The molecule has 0 aliphatic heterocycles. The Hall–Kier alpha value is -1.40. The minimum atomic E-state index is 0.556. The lowest BCUT2D eigenvalue weighted by molar-refractivity contribution is 0.284. The van der Waals surface area contributed by atoms with Gasteiger partial charge in [-0.2, -0.15) is 4.98 Å². The summed E-state index contributed by atoms with van der Waals surface area (Å²) in [4.78, 5) is 12.5. The van der Waals surface area contributed by atoms with Crippen LogP contribution in [0.1, 0.15) is 27.2 Å². The summed E-state index contributed by atoms with van der Waals surface area (Å²) in [5, 5.41) is 9.89. The van der Waals surface area contributed by atoms with E-state index in [1.165, 1.54) is 0 Å². The third-order valence-electron chi connectivity index (χ3n) is 3.50. The third-order valence-corrected chi connectivity index (χ3v) is 4.30. The Morgan fingerprint density at radius 1 is 1.24 bits per heavy atom. The molecule has 6 heteroatoms. The number of anilines is 2. The van der Waals surface area contributed by atoms with Gasteiger partial charge in [0.2, 0.25) is 5.95 Å². The predicted octanol–water partition coefficient (Wildman–Crippen LogP) is 3.27. The summed E-state index contributed by atoms with van der Waals surface area (Å²) in [6.07, 6.45) is 1.06. The maximum absolute atomic E-state index is 4.61. The second-order valence-electron chi connectivity index (χ2n) is 5.46. The largest absolute Gasteiger partial charge is 0.368 e. The summed E-state index contributed by atoms with van der Waals surface area (Å²) < 4.78 is 0. The maximum Gasteiger partial charge on any atom is 0.226 e. The van der Waals surface area contributed by atoms with E-state index in [-0.39, 0.29) is 0 Å². The van der Waals surface area contributed by atoms with Crippen molar-refractivity contribution in [3.63, 3.8) is 0 Å². The van der Waals surface area contributed by atoms with Crippen LogP contribution in [0, 0.1) is 0 Å². The minimum absolute atomic E-state index is 0.556. The summed E-state index contributed by atoms with van der Waals surface area (Å²) in [5.41, 5.74) is 0. The van der Waals surface area contributed by atoms with Crippen molar-refractivity contribution in [3.8, 4) is 0 Å². The first-order valence-corrected chi connectivity index (χ1v) is 8.43. The molecule has 2 rings (SSSR count). The number of nitrogens with one attached hydrogen (secondary N) is 2. The third kappa shape index (κ3) is 4.28. The molecule has 0 radical (unpaired) electrons. The van der Waals surface area contributed by atoms with Crippen LogP contribution in [0.3, 0.4) is 0 Å². The smallest absolute Gasteiger partial charge is 0.226 e. The summed E-state index contributed by atoms with van der Waals surface area (Å²) in [6, 6.07) is 2.64. The number of hydrogen-bond donors (Lipinski definition) is 2. The van der Waals surface area contributed by atoms with Crippen LogP contribution >= 0.6 is 11.3 Å². The zero-order valence-electron chi connectivity index (χ0n) is 13.3. The van der Waals surface area contributed by atoms with Gasteiger partial charge < -0.3 is 15.5 Å². The van der Waals surface area contributed by atoms with Crippen molar-refractivity contribution in [3.05, 3.63) is 11.4 Å². The number of rotatable bonds is 8. The molecule has 0 amide bonds. The lowest BCUT2D eigenvalue weighted by atomic mass is 10.3. The molecule has 0 saturated carbocycles. The van der Waals surface area contributed by atoms with E-state index in [0.29, 0.717) is 12.0 Å². The highest BCUT2D eigenvalue weighted by molar-refractivity contribution is 7.16. The van der Waals surface area contributed by atoms with Crippen molar-refractivity contribution in [2.75, 3.05) is 37.3 Å². The summed E-state index contributed by atoms with van der Waals surface area (Å²) >= 11 is 1.65. The number of hydrogen-bond acceptors (Lipinski definition) is 6. The van der Waals surface area contributed by atoms with Gasteiger partial charge >= 0.3 is 0 Å². The predicted molar refractivity (Wildman–Crippen MR) is 92.5 cm³/mol. The van der Waals surface area contributed by atoms with Gasteiger partial charge in [0.1, 0.15) is 10.6 Å². The molecule has 116 valence electrons. The summed E-state index contributed by atoms with van der Waals surface area (Å²) in [6.45, 7) is 9.31. The van der Waals surface area contributed by atoms with Crippen molar-refractivity contribution in [2.24, 2.45) is 0 Å². The Kier molecular flexibility index (Phi) is 5.76. The van der Waals surface area contributed by atoms with E-state index in [0.717, 1.165) is 42.1 Å². The first-order chi connectivity index (χ1) is 10.1. The van der Waals surface area contributed by atoms with Crippen molar-refractivity contribution in [1.82, 2.24) is 14.9 Å². The molecular formula is C15H25N5S. The summed E-state index contributed by atoms with van der Waals surface area (Å²) in [7, 11) is 2.14. The number of thiophene rings is 1. The molecule has 0 aromatic carbocycles. The fraction of sp³-hybridized carbons (Fsp3) is 0.600. The average Bonchev–Trinajstić information content (AvgIpc) is 2.93. The van der Waals surface area contributed by atoms with Crippen LogP contribution in [0.25, 0.3) is 10.2 Å². The topological polar surface area (TPSA) is 53.1 Å². The van der Waals surface area contributed by atoms with Crippen LogP contribution in [-0.4, -0.2) is 47.6 Å². The Morgan fingerprint density at radius 3 is 2.76 bits per heavy atom. The molecule has 2 aromatic rings. The van der Waals surface area contributed by atoms with Crippen LogP contribution in [0.5, 0.6) is 0 Å². The molecule has 0 saturated heterocycles. The van der Waals surface area contributed by atoms with Gasteiger partial charge in [-0.3, -0.25) is 0 Å². The molecular weight excluding hydrogens is 282 g/mol. The lowest BCUT2D eigenvalue weighted by Crippen LogP contribution is -2.31. The monoisotopic (exact) mass is 307 g/mol. The number of aromatic nitrogens is 2. The van der Waals surface area contributed by atoms with Gasteiger partial charge in [-0.25, -0.2) is 4.98 Å². The van der Waals surface area contributed by atoms with Crippen molar-refractivity contribution in [1.29, 1.82) is 0 Å². The van der Waals surface area contributed by atoms with E-state index >= 15 is 0 Å². The SMILES string of the molecule is CCCNc1nc(NCCN(C)C(C)C)c2ccsc2n1. The molecule has 2 N–H and O–H groups in total. The first-order valence-electron chi connectivity index (χ1n) is 7.55. The van der Waals surface area contributed by atoms with Gasteiger partial charge in [-0.15, -0.1) is 11.3 Å². The second kappa shape index (κ2) is 7.56. The van der Waals surface area contributed by atoms with Gasteiger partial charge in [0, 0.05) is 25.7 Å². The fourth-order valence-corrected chi connectivity index (χ4v) is 2.68. The highest BCUT2D eigenvalue weighted by Gasteiger charge is 2.09. The zero-order valence-corrected chi connectivity index (χ0v) is 14.1. The van der Waals surface area contributed by atoms with Crippen LogP contribution in [-0.2, 0) is 0 Å². The van der Waals surface area contributed by atoms with E-state index in [9.17, 15) is 0 Å². The van der Waals surface area contributed by atoms with Gasteiger partial charge in [0.25, 0.3) is 0 Å². The Balaban J connectivity index is 2.08. The van der Waals surface area contributed by atoms with Crippen molar-refractivity contribution >= 4 is 33.3 Å². The summed E-state index contributed by atoms with van der Waals surface area (Å²) in [5.74, 6) is 1.64. The molecule has 0 atom stereocenters. The molecule has 2 aromatic heterocycles. The molecule has 0 spiro atoms. The minimum Gasteiger partial charge on any atom is -0.368 e. The Bertz CT molecular complexity index is 566. The average molecular weight is 307 g/mol. The van der Waals surface area contributed by atoms with Crippen molar-refractivity contribution in [2.45, 2.75) is 33.2 Å². The highest BCUT2D eigenvalue weighted by Crippen LogP contribution is 2.26. The second-order valence-corrected chi connectivity index (χ2v) is 6.36. The highest BCUT2D eigenvalue weighted by atomic mass is 32.1. The molecule has 0 aliphatic rings. The van der Waals surface area contributed by atoms with E-state index in [1.54, 1.807) is 11.3 Å². The van der Waals surface area contributed by atoms with E-state index in [1.807, 2.05) is 0 Å². The molecule has 2 heterocycles. The number of likely N-dealkylation sites (N-methyl/N-ethyl adjacent to an activating group) is 1. The zero-order chi connectivity index (χ0) is 15.2. The van der Waals surface area contributed by atoms with Crippen LogP contribution in [0.2, 0.25) is 0 Å². The molecule has 21 heavy (non-hydrogen) atoms. The van der Waals surface area contributed by atoms with E-state index in [2.05, 4.69) is 64.8 Å². The fourth-order valence-electron chi connectivity index (χ4n) is 1.91.